The molecule has 36 heavy (non-hydrogen) atoms. The quantitative estimate of drug-likeness (QED) is 0.528. The van der Waals surface area contributed by atoms with Gasteiger partial charge in [0, 0.05) is 12.6 Å². The Labute approximate surface area is 212 Å². The van der Waals surface area contributed by atoms with E-state index in [9.17, 15) is 9.59 Å². The third-order valence-electron chi connectivity index (χ3n) is 7.86. The molecule has 3 heterocycles. The van der Waals surface area contributed by atoms with Crippen molar-refractivity contribution in [3.8, 4) is 0 Å². The van der Waals surface area contributed by atoms with Crippen LogP contribution < -0.4 is 5.32 Å². The Bertz CT molecular complexity index is 1180. The Hall–Kier alpha value is -3.45. The van der Waals surface area contributed by atoms with E-state index in [4.69, 9.17) is 0 Å². The SMILES string of the molecule is Cc1n[nH]c(C)c1NC(=O)CN1CCC2(CC1)CC(Cc1ccccc1)N(Cc1ccccc1)C2=O. The molecule has 7 heteroatoms. The van der Waals surface area contributed by atoms with E-state index in [0.29, 0.717) is 13.1 Å². The number of rotatable bonds is 7. The molecule has 3 aromatic rings. The minimum absolute atomic E-state index is 0.0380. The second-order valence-corrected chi connectivity index (χ2v) is 10.4. The Balaban J connectivity index is 1.26. The van der Waals surface area contributed by atoms with Crippen molar-refractivity contribution >= 4 is 17.5 Å². The lowest BCUT2D eigenvalue weighted by Gasteiger charge is -2.37. The van der Waals surface area contributed by atoms with Gasteiger partial charge in [0.2, 0.25) is 11.8 Å². The zero-order chi connectivity index (χ0) is 25.1. The lowest BCUT2D eigenvalue weighted by Crippen LogP contribution is -2.46. The average Bonchev–Trinajstić information content (AvgIpc) is 3.33. The van der Waals surface area contributed by atoms with Gasteiger partial charge in [0.1, 0.15) is 0 Å². The van der Waals surface area contributed by atoms with Crippen molar-refractivity contribution in [3.63, 3.8) is 0 Å². The van der Waals surface area contributed by atoms with E-state index in [0.717, 1.165) is 55.8 Å². The molecule has 0 saturated carbocycles. The number of amides is 2. The molecule has 1 unspecified atom stereocenters. The summed E-state index contributed by atoms with van der Waals surface area (Å²) in [4.78, 5) is 30.9. The molecule has 5 rings (SSSR count). The van der Waals surface area contributed by atoms with Crippen LogP contribution in [0.1, 0.15) is 41.8 Å². The Morgan fingerprint density at radius 3 is 2.28 bits per heavy atom. The van der Waals surface area contributed by atoms with Gasteiger partial charge in [-0.2, -0.15) is 5.10 Å². The molecule has 1 atom stereocenters. The van der Waals surface area contributed by atoms with E-state index < -0.39 is 0 Å². The molecule has 0 aliphatic carbocycles. The van der Waals surface area contributed by atoms with Gasteiger partial charge < -0.3 is 10.2 Å². The molecule has 7 nitrogen and oxygen atoms in total. The monoisotopic (exact) mass is 485 g/mol. The smallest absolute Gasteiger partial charge is 0.238 e. The number of likely N-dealkylation sites (tertiary alicyclic amines) is 2. The van der Waals surface area contributed by atoms with Crippen molar-refractivity contribution in [2.24, 2.45) is 5.41 Å². The summed E-state index contributed by atoms with van der Waals surface area (Å²) in [6, 6.07) is 20.9. The Morgan fingerprint density at radius 2 is 1.67 bits per heavy atom. The highest BCUT2D eigenvalue weighted by molar-refractivity contribution is 5.93. The van der Waals surface area contributed by atoms with Crippen molar-refractivity contribution in [1.29, 1.82) is 0 Å². The van der Waals surface area contributed by atoms with Crippen LogP contribution in [0.2, 0.25) is 0 Å². The molecule has 2 N–H and O–H groups in total. The number of nitrogens with zero attached hydrogens (tertiary/aromatic N) is 3. The highest BCUT2D eigenvalue weighted by Gasteiger charge is 2.52. The second-order valence-electron chi connectivity index (χ2n) is 10.4. The van der Waals surface area contributed by atoms with Crippen molar-refractivity contribution in [2.45, 2.75) is 52.1 Å². The van der Waals surface area contributed by atoms with Crippen molar-refractivity contribution in [1.82, 2.24) is 20.0 Å². The summed E-state index contributed by atoms with van der Waals surface area (Å²) in [7, 11) is 0. The number of carbonyl (C=O) groups excluding carboxylic acids is 2. The topological polar surface area (TPSA) is 81.3 Å². The van der Waals surface area contributed by atoms with Gasteiger partial charge in [0.25, 0.3) is 0 Å². The molecule has 2 aromatic carbocycles. The first-order chi connectivity index (χ1) is 17.4. The highest BCUT2D eigenvalue weighted by atomic mass is 16.2. The molecule has 1 spiro atoms. The van der Waals surface area contributed by atoms with Gasteiger partial charge in [0.05, 0.1) is 29.0 Å². The van der Waals surface area contributed by atoms with E-state index in [1.54, 1.807) is 0 Å². The lowest BCUT2D eigenvalue weighted by molar-refractivity contribution is -0.139. The number of hydrogen-bond acceptors (Lipinski definition) is 4. The van der Waals surface area contributed by atoms with Gasteiger partial charge in [-0.3, -0.25) is 19.6 Å². The lowest BCUT2D eigenvalue weighted by atomic mass is 9.75. The zero-order valence-corrected chi connectivity index (χ0v) is 21.2. The molecule has 2 saturated heterocycles. The summed E-state index contributed by atoms with van der Waals surface area (Å²) in [6.45, 7) is 6.25. The fourth-order valence-electron chi connectivity index (χ4n) is 5.84. The number of aromatic nitrogens is 2. The summed E-state index contributed by atoms with van der Waals surface area (Å²) >= 11 is 0. The van der Waals surface area contributed by atoms with Crippen LogP contribution >= 0.6 is 0 Å². The number of piperidine rings is 1. The van der Waals surface area contributed by atoms with Crippen molar-refractivity contribution < 1.29 is 9.59 Å². The highest BCUT2D eigenvalue weighted by Crippen LogP contribution is 2.45. The van der Waals surface area contributed by atoms with Gasteiger partial charge >= 0.3 is 0 Å². The number of aryl methyl sites for hydroxylation is 2. The van der Waals surface area contributed by atoms with Gasteiger partial charge in [-0.05, 0) is 63.7 Å². The Morgan fingerprint density at radius 1 is 1.03 bits per heavy atom. The van der Waals surface area contributed by atoms with Crippen LogP contribution in [0.4, 0.5) is 5.69 Å². The fraction of sp³-hybridized carbons (Fsp3) is 0.414. The fourth-order valence-corrected chi connectivity index (χ4v) is 5.84. The standard InChI is InChI=1S/C29H35N5O2/c1-21-27(22(2)32-31-21)30-26(35)20-33-15-13-29(14-16-33)18-25(17-23-9-5-3-6-10-23)34(28(29)36)19-24-11-7-4-8-12-24/h3-12,25H,13-20H2,1-2H3,(H,30,35)(H,31,32). The first-order valence-electron chi connectivity index (χ1n) is 12.9. The maximum Gasteiger partial charge on any atom is 0.238 e. The maximum atomic E-state index is 13.9. The summed E-state index contributed by atoms with van der Waals surface area (Å²) in [6.07, 6.45) is 3.33. The number of carbonyl (C=O) groups is 2. The van der Waals surface area contributed by atoms with E-state index >= 15 is 0 Å². The summed E-state index contributed by atoms with van der Waals surface area (Å²) in [5.41, 5.74) is 4.51. The number of anilines is 1. The summed E-state index contributed by atoms with van der Waals surface area (Å²) in [5.74, 6) is 0.241. The molecular weight excluding hydrogens is 450 g/mol. The maximum absolute atomic E-state index is 13.9. The molecule has 2 aliphatic rings. The molecule has 0 bridgehead atoms. The first kappa shape index (κ1) is 24.3. The molecular formula is C29H35N5O2. The number of hydrogen-bond donors (Lipinski definition) is 2. The average molecular weight is 486 g/mol. The molecule has 188 valence electrons. The van der Waals surface area contributed by atoms with Crippen LogP contribution in [0.25, 0.3) is 0 Å². The van der Waals surface area contributed by atoms with E-state index in [-0.39, 0.29) is 23.3 Å². The second kappa shape index (κ2) is 10.3. The van der Waals surface area contributed by atoms with E-state index in [1.165, 1.54) is 11.1 Å². The van der Waals surface area contributed by atoms with Crippen LogP contribution in [0.15, 0.2) is 60.7 Å². The van der Waals surface area contributed by atoms with Gasteiger partial charge in [-0.1, -0.05) is 60.7 Å². The summed E-state index contributed by atoms with van der Waals surface area (Å²) < 4.78 is 0. The van der Waals surface area contributed by atoms with Crippen molar-refractivity contribution in [2.75, 3.05) is 25.0 Å². The van der Waals surface area contributed by atoms with Crippen LogP contribution in [0.5, 0.6) is 0 Å². The number of H-pyrrole nitrogens is 1. The van der Waals surface area contributed by atoms with Crippen molar-refractivity contribution in [3.05, 3.63) is 83.2 Å². The van der Waals surface area contributed by atoms with Crippen LogP contribution in [0.3, 0.4) is 0 Å². The minimum atomic E-state index is -0.334. The van der Waals surface area contributed by atoms with Crippen LogP contribution in [-0.2, 0) is 22.6 Å². The third kappa shape index (κ3) is 5.07. The largest absolute Gasteiger partial charge is 0.335 e. The zero-order valence-electron chi connectivity index (χ0n) is 21.2. The number of nitrogens with one attached hydrogen (secondary N) is 2. The normalized spacial score (nSPS) is 19.7. The molecule has 1 aromatic heterocycles. The number of benzene rings is 2. The molecule has 2 aliphatic heterocycles. The first-order valence-corrected chi connectivity index (χ1v) is 12.9. The van der Waals surface area contributed by atoms with Gasteiger partial charge in [0.15, 0.2) is 0 Å². The third-order valence-corrected chi connectivity index (χ3v) is 7.86. The Kier molecular flexibility index (Phi) is 6.92. The predicted octanol–water partition coefficient (Wildman–Crippen LogP) is 4.09. The molecule has 2 amide bonds. The van der Waals surface area contributed by atoms with Gasteiger partial charge in [-0.25, -0.2) is 0 Å². The molecule has 2 fully saturated rings. The summed E-state index contributed by atoms with van der Waals surface area (Å²) in [5, 5.41) is 10.1. The van der Waals surface area contributed by atoms with Crippen LogP contribution in [-0.4, -0.2) is 57.5 Å². The van der Waals surface area contributed by atoms with Gasteiger partial charge in [-0.15, -0.1) is 0 Å². The van der Waals surface area contributed by atoms with Crippen LogP contribution in [0, 0.1) is 19.3 Å². The molecule has 0 radical (unpaired) electrons. The van der Waals surface area contributed by atoms with E-state index in [2.05, 4.69) is 61.7 Å². The number of aromatic amines is 1. The predicted molar refractivity (Wildman–Crippen MR) is 140 cm³/mol. The van der Waals surface area contributed by atoms with E-state index in [1.807, 2.05) is 38.1 Å². The minimum Gasteiger partial charge on any atom is -0.335 e.